The van der Waals surface area contributed by atoms with Crippen LogP contribution in [0.2, 0.25) is 0 Å². The number of carbonyl (C=O) groups is 1. The van der Waals surface area contributed by atoms with E-state index in [-0.39, 0.29) is 17.4 Å². The van der Waals surface area contributed by atoms with E-state index >= 15 is 0 Å². The van der Waals surface area contributed by atoms with E-state index in [0.717, 1.165) is 6.07 Å². The topological polar surface area (TPSA) is 17.1 Å². The smallest absolute Gasteiger partial charge is 0.256 e. The Hall–Kier alpha value is -1.39. The lowest BCUT2D eigenvalue weighted by Crippen LogP contribution is -2.02. The van der Waals surface area contributed by atoms with Gasteiger partial charge in [-0.05, 0) is 6.07 Å². The third kappa shape index (κ3) is 1.62. The molecule has 5 heteroatoms. The Morgan fingerprint density at radius 1 is 1.33 bits per heavy atom. The third-order valence-corrected chi connectivity index (χ3v) is 2.43. The Morgan fingerprint density at radius 2 is 1.93 bits per heavy atom. The summed E-state index contributed by atoms with van der Waals surface area (Å²) in [6, 6.07) is 1.27. The van der Waals surface area contributed by atoms with Gasteiger partial charge in [0.25, 0.3) is 5.92 Å². The summed E-state index contributed by atoms with van der Waals surface area (Å²) in [6.07, 6.45) is -0.299. The van der Waals surface area contributed by atoms with Gasteiger partial charge in [0.2, 0.25) is 0 Å². The summed E-state index contributed by atoms with van der Waals surface area (Å²) in [5.74, 6) is -6.30. The number of rotatable bonds is 2. The van der Waals surface area contributed by atoms with Gasteiger partial charge in [0, 0.05) is 23.6 Å². The lowest BCUT2D eigenvalue weighted by atomic mass is 10.0. The predicted octanol–water partition coefficient (Wildman–Crippen LogP) is 2.90. The highest BCUT2D eigenvalue weighted by molar-refractivity contribution is 5.78. The van der Waals surface area contributed by atoms with Crippen molar-refractivity contribution in [3.8, 4) is 0 Å². The van der Waals surface area contributed by atoms with E-state index in [1.165, 1.54) is 0 Å². The van der Waals surface area contributed by atoms with Crippen LogP contribution in [0.15, 0.2) is 12.1 Å². The van der Waals surface area contributed by atoms with E-state index in [2.05, 4.69) is 0 Å². The minimum absolute atomic E-state index is 0.190. The zero-order chi connectivity index (χ0) is 11.2. The van der Waals surface area contributed by atoms with E-state index in [0.29, 0.717) is 6.07 Å². The molecule has 0 radical (unpaired) electrons. The highest BCUT2D eigenvalue weighted by Crippen LogP contribution is 2.56. The summed E-state index contributed by atoms with van der Waals surface area (Å²) in [4.78, 5) is 10.5. The molecular weight excluding hydrogens is 212 g/mol. The number of hydrogen-bond donors (Lipinski definition) is 0. The third-order valence-electron chi connectivity index (χ3n) is 2.43. The first-order valence-corrected chi connectivity index (χ1v) is 4.27. The highest BCUT2D eigenvalue weighted by atomic mass is 19.3. The Morgan fingerprint density at radius 3 is 2.40 bits per heavy atom. The molecule has 1 fully saturated rings. The number of halogens is 4. The molecule has 0 heterocycles. The molecule has 1 aliphatic carbocycles. The summed E-state index contributed by atoms with van der Waals surface area (Å²) >= 11 is 0. The van der Waals surface area contributed by atoms with Gasteiger partial charge in [-0.3, -0.25) is 4.79 Å². The van der Waals surface area contributed by atoms with Gasteiger partial charge in [0.1, 0.15) is 11.6 Å². The molecule has 2 rings (SSSR count). The van der Waals surface area contributed by atoms with Crippen molar-refractivity contribution in [1.82, 2.24) is 0 Å². The van der Waals surface area contributed by atoms with Crippen LogP contribution < -0.4 is 0 Å². The molecule has 0 saturated heterocycles. The van der Waals surface area contributed by atoms with E-state index in [1.807, 2.05) is 0 Å². The number of hydrogen-bond acceptors (Lipinski definition) is 1. The predicted molar refractivity (Wildman–Crippen MR) is 44.1 cm³/mol. The van der Waals surface area contributed by atoms with Crippen LogP contribution in [0.1, 0.15) is 28.3 Å². The average molecular weight is 218 g/mol. The SMILES string of the molecule is O=Cc1cc(F)cc(F)c1C1CC1(F)F. The van der Waals surface area contributed by atoms with E-state index in [1.54, 1.807) is 0 Å². The second-order valence-electron chi connectivity index (χ2n) is 3.53. The molecule has 1 nitrogen and oxygen atoms in total. The Labute approximate surface area is 82.7 Å². The molecule has 0 bridgehead atoms. The fourth-order valence-corrected chi connectivity index (χ4v) is 1.60. The maximum Gasteiger partial charge on any atom is 0.256 e. The normalized spacial score (nSPS) is 22.5. The number of alkyl halides is 2. The molecule has 80 valence electrons. The van der Waals surface area contributed by atoms with Gasteiger partial charge >= 0.3 is 0 Å². The van der Waals surface area contributed by atoms with Crippen molar-refractivity contribution in [3.63, 3.8) is 0 Å². The first kappa shape index (κ1) is 10.1. The van der Waals surface area contributed by atoms with Crippen LogP contribution in [-0.2, 0) is 0 Å². The highest BCUT2D eigenvalue weighted by Gasteiger charge is 2.59. The summed E-state index contributed by atoms with van der Waals surface area (Å²) in [5, 5.41) is 0. The van der Waals surface area contributed by atoms with Crippen molar-refractivity contribution >= 4 is 6.29 Å². The summed E-state index contributed by atoms with van der Waals surface area (Å²) < 4.78 is 51.3. The largest absolute Gasteiger partial charge is 0.298 e. The minimum atomic E-state index is -2.98. The van der Waals surface area contributed by atoms with Gasteiger partial charge in [0.05, 0.1) is 5.92 Å². The molecule has 0 N–H and O–H groups in total. The minimum Gasteiger partial charge on any atom is -0.298 e. The lowest BCUT2D eigenvalue weighted by Gasteiger charge is -2.05. The summed E-state index contributed by atoms with van der Waals surface area (Å²) in [5.41, 5.74) is -0.717. The van der Waals surface area contributed by atoms with E-state index in [9.17, 15) is 22.4 Å². The second kappa shape index (κ2) is 3.05. The molecule has 1 saturated carbocycles. The van der Waals surface area contributed by atoms with Gasteiger partial charge in [0.15, 0.2) is 6.29 Å². The standard InChI is InChI=1S/C10H6F4O/c11-6-1-5(4-15)9(8(12)2-6)7-3-10(7,13)14/h1-2,4,7H,3H2. The Bertz CT molecular complexity index is 428. The Balaban J connectivity index is 2.51. The zero-order valence-electron chi connectivity index (χ0n) is 7.44. The molecular formula is C10H6F4O. The summed E-state index contributed by atoms with van der Waals surface area (Å²) in [7, 11) is 0. The van der Waals surface area contributed by atoms with Gasteiger partial charge in [-0.15, -0.1) is 0 Å². The van der Waals surface area contributed by atoms with Crippen molar-refractivity contribution in [2.45, 2.75) is 18.3 Å². The van der Waals surface area contributed by atoms with Crippen molar-refractivity contribution in [2.24, 2.45) is 0 Å². The molecule has 0 spiro atoms. The molecule has 1 aromatic carbocycles. The molecule has 1 unspecified atom stereocenters. The van der Waals surface area contributed by atoms with Gasteiger partial charge in [-0.2, -0.15) is 0 Å². The van der Waals surface area contributed by atoms with E-state index in [4.69, 9.17) is 0 Å². The zero-order valence-corrected chi connectivity index (χ0v) is 7.44. The molecule has 0 aliphatic heterocycles. The lowest BCUT2D eigenvalue weighted by molar-refractivity contribution is 0.109. The van der Waals surface area contributed by atoms with Crippen LogP contribution in [0.3, 0.4) is 0 Å². The fourth-order valence-electron chi connectivity index (χ4n) is 1.60. The number of aldehydes is 1. The first-order valence-electron chi connectivity index (χ1n) is 4.27. The average Bonchev–Trinajstić information content (AvgIpc) is 2.73. The van der Waals surface area contributed by atoms with E-state index < -0.39 is 29.9 Å². The van der Waals surface area contributed by atoms with Crippen LogP contribution in [-0.4, -0.2) is 12.2 Å². The van der Waals surface area contributed by atoms with Crippen LogP contribution in [0.25, 0.3) is 0 Å². The van der Waals surface area contributed by atoms with Crippen molar-refractivity contribution in [1.29, 1.82) is 0 Å². The van der Waals surface area contributed by atoms with Crippen molar-refractivity contribution in [3.05, 3.63) is 34.9 Å². The molecule has 15 heavy (non-hydrogen) atoms. The Kier molecular flexibility index (Phi) is 2.06. The maximum absolute atomic E-state index is 13.2. The number of carbonyl (C=O) groups excluding carboxylic acids is 1. The second-order valence-corrected chi connectivity index (χ2v) is 3.53. The van der Waals surface area contributed by atoms with Gasteiger partial charge in [-0.25, -0.2) is 17.6 Å². The van der Waals surface area contributed by atoms with Gasteiger partial charge < -0.3 is 0 Å². The molecule has 1 atom stereocenters. The molecule has 0 aromatic heterocycles. The first-order chi connectivity index (χ1) is 6.95. The van der Waals surface area contributed by atoms with Gasteiger partial charge in [-0.1, -0.05) is 0 Å². The number of benzene rings is 1. The monoisotopic (exact) mass is 218 g/mol. The maximum atomic E-state index is 13.2. The molecule has 1 aromatic rings. The molecule has 0 amide bonds. The van der Waals surface area contributed by atoms with Crippen LogP contribution in [0.5, 0.6) is 0 Å². The van der Waals surface area contributed by atoms with Crippen molar-refractivity contribution < 1.29 is 22.4 Å². The van der Waals surface area contributed by atoms with Crippen LogP contribution >= 0.6 is 0 Å². The fraction of sp³-hybridized carbons (Fsp3) is 0.300. The molecule has 1 aliphatic rings. The summed E-state index contributed by atoms with van der Waals surface area (Å²) in [6.45, 7) is 0. The van der Waals surface area contributed by atoms with Crippen LogP contribution in [0, 0.1) is 11.6 Å². The van der Waals surface area contributed by atoms with Crippen LogP contribution in [0.4, 0.5) is 17.6 Å². The van der Waals surface area contributed by atoms with Crippen molar-refractivity contribution in [2.75, 3.05) is 0 Å². The quantitative estimate of drug-likeness (QED) is 0.551.